The Hall–Kier alpha value is -1.39. The van der Waals surface area contributed by atoms with Gasteiger partial charge in [-0.3, -0.25) is 0 Å². The number of esters is 1. The summed E-state index contributed by atoms with van der Waals surface area (Å²) in [5.74, 6) is -0.315. The molecule has 0 aromatic heterocycles. The molecule has 0 saturated carbocycles. The van der Waals surface area contributed by atoms with E-state index in [0.29, 0.717) is 18.8 Å². The predicted octanol–water partition coefficient (Wildman–Crippen LogP) is 2.17. The lowest BCUT2D eigenvalue weighted by Gasteiger charge is -2.24. The van der Waals surface area contributed by atoms with Crippen molar-refractivity contribution in [2.75, 3.05) is 6.61 Å². The van der Waals surface area contributed by atoms with Gasteiger partial charge in [0.1, 0.15) is 5.60 Å². The molecule has 0 fully saturated rings. The van der Waals surface area contributed by atoms with Crippen LogP contribution in [-0.4, -0.2) is 18.2 Å². The van der Waals surface area contributed by atoms with Crippen LogP contribution in [0.15, 0.2) is 18.2 Å². The fraction of sp³-hybridized carbons (Fsp3) is 0.500. The molecule has 98 valence electrons. The summed E-state index contributed by atoms with van der Waals surface area (Å²) in [7, 11) is 0. The van der Waals surface area contributed by atoms with E-state index in [1.54, 1.807) is 6.07 Å². The van der Waals surface area contributed by atoms with Crippen molar-refractivity contribution < 1.29 is 14.3 Å². The number of hydrogen-bond acceptors (Lipinski definition) is 4. The molecule has 2 rings (SSSR count). The van der Waals surface area contributed by atoms with Gasteiger partial charge >= 0.3 is 5.97 Å². The predicted molar refractivity (Wildman–Crippen MR) is 68.2 cm³/mol. The average Bonchev–Trinajstić information content (AvgIpc) is 2.26. The largest absolute Gasteiger partial charge is 0.456 e. The second-order valence-electron chi connectivity index (χ2n) is 5.54. The van der Waals surface area contributed by atoms with Gasteiger partial charge in [-0.2, -0.15) is 0 Å². The number of hydrogen-bond donors (Lipinski definition) is 1. The maximum Gasteiger partial charge on any atom is 0.338 e. The number of ether oxygens (including phenoxy) is 2. The van der Waals surface area contributed by atoms with Gasteiger partial charge in [-0.1, -0.05) is 6.07 Å². The topological polar surface area (TPSA) is 61.5 Å². The zero-order valence-electron chi connectivity index (χ0n) is 11.0. The summed E-state index contributed by atoms with van der Waals surface area (Å²) in [6.45, 7) is 6.57. The lowest BCUT2D eigenvalue weighted by atomic mass is 9.97. The quantitative estimate of drug-likeness (QED) is 0.775. The molecule has 1 aromatic rings. The van der Waals surface area contributed by atoms with E-state index in [1.165, 1.54) is 0 Å². The standard InChI is InChI=1S/C14H19NO3/c1-14(2,3)18-13(16)9-4-5-11-10(6-9)7-17-8-12(11)15/h4-6,12H,7-8,15H2,1-3H3/t12-/m1/s1. The molecule has 0 aliphatic carbocycles. The van der Waals surface area contributed by atoms with Gasteiger partial charge in [-0.05, 0) is 44.0 Å². The van der Waals surface area contributed by atoms with Crippen molar-refractivity contribution in [1.29, 1.82) is 0 Å². The molecular formula is C14H19NO3. The van der Waals surface area contributed by atoms with Gasteiger partial charge in [0.15, 0.2) is 0 Å². The molecule has 0 unspecified atom stereocenters. The first-order chi connectivity index (χ1) is 8.37. The molecule has 1 heterocycles. The Kier molecular flexibility index (Phi) is 3.41. The van der Waals surface area contributed by atoms with Crippen molar-refractivity contribution in [3.8, 4) is 0 Å². The summed E-state index contributed by atoms with van der Waals surface area (Å²) >= 11 is 0. The summed E-state index contributed by atoms with van der Waals surface area (Å²) in [6.07, 6.45) is 0. The van der Waals surface area contributed by atoms with E-state index in [4.69, 9.17) is 15.2 Å². The fourth-order valence-corrected chi connectivity index (χ4v) is 1.94. The Morgan fingerprint density at radius 2 is 2.17 bits per heavy atom. The highest BCUT2D eigenvalue weighted by Crippen LogP contribution is 2.24. The van der Waals surface area contributed by atoms with Crippen molar-refractivity contribution in [3.05, 3.63) is 34.9 Å². The highest BCUT2D eigenvalue weighted by molar-refractivity contribution is 5.90. The molecule has 0 bridgehead atoms. The molecule has 1 aliphatic heterocycles. The van der Waals surface area contributed by atoms with E-state index >= 15 is 0 Å². The number of carbonyl (C=O) groups is 1. The lowest BCUT2D eigenvalue weighted by Crippen LogP contribution is -2.26. The third-order valence-electron chi connectivity index (χ3n) is 2.73. The minimum atomic E-state index is -0.486. The van der Waals surface area contributed by atoms with Crippen LogP contribution in [0.1, 0.15) is 48.3 Å². The summed E-state index contributed by atoms with van der Waals surface area (Å²) in [5, 5.41) is 0. The van der Waals surface area contributed by atoms with E-state index in [0.717, 1.165) is 11.1 Å². The molecule has 0 radical (unpaired) electrons. The van der Waals surface area contributed by atoms with Crippen LogP contribution in [0, 0.1) is 0 Å². The zero-order chi connectivity index (χ0) is 13.3. The molecule has 0 amide bonds. The van der Waals surface area contributed by atoms with Gasteiger partial charge in [-0.15, -0.1) is 0 Å². The Morgan fingerprint density at radius 1 is 1.44 bits per heavy atom. The molecule has 1 aromatic carbocycles. The number of carbonyl (C=O) groups excluding carboxylic acids is 1. The van der Waals surface area contributed by atoms with Gasteiger partial charge in [0.2, 0.25) is 0 Å². The van der Waals surface area contributed by atoms with Crippen molar-refractivity contribution in [2.45, 2.75) is 39.0 Å². The third kappa shape index (κ3) is 2.89. The molecule has 0 spiro atoms. The average molecular weight is 249 g/mol. The van der Waals surface area contributed by atoms with Crippen LogP contribution in [0.25, 0.3) is 0 Å². The summed E-state index contributed by atoms with van der Waals surface area (Å²) in [4.78, 5) is 11.9. The molecule has 0 saturated heterocycles. The van der Waals surface area contributed by atoms with Crippen LogP contribution >= 0.6 is 0 Å². The van der Waals surface area contributed by atoms with Crippen molar-refractivity contribution >= 4 is 5.97 Å². The lowest BCUT2D eigenvalue weighted by molar-refractivity contribution is 0.00689. The monoisotopic (exact) mass is 249 g/mol. The molecule has 4 nitrogen and oxygen atoms in total. The number of fused-ring (bicyclic) bond motifs is 1. The van der Waals surface area contributed by atoms with E-state index in [2.05, 4.69) is 0 Å². The van der Waals surface area contributed by atoms with Crippen LogP contribution in [0.4, 0.5) is 0 Å². The van der Waals surface area contributed by atoms with Crippen molar-refractivity contribution in [3.63, 3.8) is 0 Å². The van der Waals surface area contributed by atoms with Crippen LogP contribution in [-0.2, 0) is 16.1 Å². The first-order valence-corrected chi connectivity index (χ1v) is 6.06. The normalized spacial score (nSPS) is 19.2. The summed E-state index contributed by atoms with van der Waals surface area (Å²) < 4.78 is 10.7. The van der Waals surface area contributed by atoms with Crippen LogP contribution in [0.3, 0.4) is 0 Å². The minimum absolute atomic E-state index is 0.110. The smallest absolute Gasteiger partial charge is 0.338 e. The van der Waals surface area contributed by atoms with E-state index in [1.807, 2.05) is 32.9 Å². The van der Waals surface area contributed by atoms with Gasteiger partial charge in [0, 0.05) is 0 Å². The highest BCUT2D eigenvalue weighted by atomic mass is 16.6. The molecule has 1 atom stereocenters. The summed E-state index contributed by atoms with van der Waals surface area (Å²) in [6, 6.07) is 5.35. The molecule has 4 heteroatoms. The van der Waals surface area contributed by atoms with Gasteiger partial charge in [0.25, 0.3) is 0 Å². The van der Waals surface area contributed by atoms with E-state index in [-0.39, 0.29) is 12.0 Å². The molecular weight excluding hydrogens is 230 g/mol. The van der Waals surface area contributed by atoms with Crippen LogP contribution < -0.4 is 5.73 Å². The first-order valence-electron chi connectivity index (χ1n) is 6.06. The Labute approximate surface area is 107 Å². The fourth-order valence-electron chi connectivity index (χ4n) is 1.94. The Balaban J connectivity index is 2.23. The van der Waals surface area contributed by atoms with Gasteiger partial charge < -0.3 is 15.2 Å². The first kappa shape index (κ1) is 13.1. The number of rotatable bonds is 1. The second-order valence-corrected chi connectivity index (χ2v) is 5.54. The van der Waals surface area contributed by atoms with Gasteiger partial charge in [0.05, 0.1) is 24.8 Å². The molecule has 1 aliphatic rings. The highest BCUT2D eigenvalue weighted by Gasteiger charge is 2.21. The molecule has 18 heavy (non-hydrogen) atoms. The van der Waals surface area contributed by atoms with Crippen molar-refractivity contribution in [2.24, 2.45) is 5.73 Å². The zero-order valence-corrected chi connectivity index (χ0v) is 11.0. The third-order valence-corrected chi connectivity index (χ3v) is 2.73. The SMILES string of the molecule is CC(C)(C)OC(=O)c1ccc2c(c1)COC[C@H]2N. The Morgan fingerprint density at radius 3 is 2.83 bits per heavy atom. The van der Waals surface area contributed by atoms with E-state index in [9.17, 15) is 4.79 Å². The Bertz CT molecular complexity index is 463. The van der Waals surface area contributed by atoms with Gasteiger partial charge in [-0.25, -0.2) is 4.79 Å². The van der Waals surface area contributed by atoms with Crippen LogP contribution in [0.2, 0.25) is 0 Å². The second kappa shape index (κ2) is 4.71. The maximum absolute atomic E-state index is 11.9. The van der Waals surface area contributed by atoms with Crippen molar-refractivity contribution in [1.82, 2.24) is 0 Å². The minimum Gasteiger partial charge on any atom is -0.456 e. The number of nitrogens with two attached hydrogens (primary N) is 1. The maximum atomic E-state index is 11.9. The summed E-state index contributed by atoms with van der Waals surface area (Å²) in [5.41, 5.74) is 8.01. The van der Waals surface area contributed by atoms with Crippen LogP contribution in [0.5, 0.6) is 0 Å². The number of benzene rings is 1. The molecule has 2 N–H and O–H groups in total. The van der Waals surface area contributed by atoms with E-state index < -0.39 is 5.60 Å².